The van der Waals surface area contributed by atoms with E-state index in [0.717, 1.165) is 56.5 Å². The topological polar surface area (TPSA) is 126 Å². The van der Waals surface area contributed by atoms with E-state index in [1.165, 1.54) is 11.1 Å². The Morgan fingerprint density at radius 1 is 1.19 bits per heavy atom. The van der Waals surface area contributed by atoms with Crippen LogP contribution in [0.15, 0.2) is 42.5 Å². The Balaban J connectivity index is 1.02. The van der Waals surface area contributed by atoms with Crippen molar-refractivity contribution in [3.05, 3.63) is 59.2 Å². The van der Waals surface area contributed by atoms with Crippen LogP contribution in [0.1, 0.15) is 66.9 Å². The number of rotatable bonds is 8. The van der Waals surface area contributed by atoms with Crippen molar-refractivity contribution in [3.63, 3.8) is 0 Å². The molecule has 1 saturated carbocycles. The number of nitrogens with one attached hydrogen (secondary N) is 1. The third kappa shape index (κ3) is 6.18. The summed E-state index contributed by atoms with van der Waals surface area (Å²) in [6.07, 6.45) is 6.67. The number of fused-ring (bicyclic) bond motifs is 3. The van der Waals surface area contributed by atoms with Crippen molar-refractivity contribution in [2.24, 2.45) is 17.0 Å². The molecule has 0 aromatic heterocycles. The molecule has 6 rings (SSSR count). The first-order valence-electron chi connectivity index (χ1n) is 15.2. The Hall–Kier alpha value is -2.66. The smallest absolute Gasteiger partial charge is 0.338 e. The van der Waals surface area contributed by atoms with Crippen LogP contribution in [0.2, 0.25) is 0 Å². The van der Waals surface area contributed by atoms with Crippen LogP contribution in [-0.4, -0.2) is 64.8 Å². The lowest BCUT2D eigenvalue weighted by atomic mass is 9.69. The Morgan fingerprint density at radius 2 is 2.05 bits per heavy atom. The fraction of sp³-hybridized carbons (Fsp3) is 0.594. The molecule has 6 atom stereocenters. The van der Waals surface area contributed by atoms with Crippen molar-refractivity contribution in [1.29, 1.82) is 0 Å². The molecule has 2 heterocycles. The van der Waals surface area contributed by atoms with Crippen molar-refractivity contribution in [1.82, 2.24) is 0 Å². The van der Waals surface area contributed by atoms with Crippen LogP contribution in [0, 0.1) is 11.8 Å². The van der Waals surface area contributed by atoms with Gasteiger partial charge in [0.25, 0.3) is 0 Å². The van der Waals surface area contributed by atoms with Gasteiger partial charge in [0.05, 0.1) is 48.5 Å². The van der Waals surface area contributed by atoms with Gasteiger partial charge in [0.15, 0.2) is 0 Å². The molecule has 1 spiro atoms. The lowest BCUT2D eigenvalue weighted by Gasteiger charge is -2.44. The summed E-state index contributed by atoms with van der Waals surface area (Å²) in [5.41, 5.74) is 4.01. The maximum Gasteiger partial charge on any atom is 0.338 e. The first-order valence-corrected chi connectivity index (χ1v) is 16.8. The molecule has 228 valence electrons. The largest absolute Gasteiger partial charge is 0.490 e. The monoisotopic (exact) mass is 598 g/mol. The highest BCUT2D eigenvalue weighted by atomic mass is 32.2. The van der Waals surface area contributed by atoms with Crippen LogP contribution in [0.4, 0.5) is 5.69 Å². The summed E-state index contributed by atoms with van der Waals surface area (Å²) in [5.74, 6) is 0.941. The van der Waals surface area contributed by atoms with Crippen LogP contribution in [0.5, 0.6) is 5.75 Å². The number of aryl methyl sites for hydroxylation is 1. The molecule has 2 aliphatic heterocycles. The van der Waals surface area contributed by atoms with Crippen molar-refractivity contribution in [3.8, 4) is 5.75 Å². The lowest BCUT2D eigenvalue weighted by Crippen LogP contribution is -2.45. The van der Waals surface area contributed by atoms with Gasteiger partial charge in [-0.15, -0.1) is 0 Å². The van der Waals surface area contributed by atoms with Crippen LogP contribution in [0.25, 0.3) is 0 Å². The molecule has 10 heteroatoms. The molecule has 42 heavy (non-hydrogen) atoms. The number of esters is 1. The lowest BCUT2D eigenvalue weighted by molar-refractivity contribution is -0.123. The van der Waals surface area contributed by atoms with E-state index in [0.29, 0.717) is 31.8 Å². The van der Waals surface area contributed by atoms with Crippen LogP contribution < -0.4 is 15.2 Å². The van der Waals surface area contributed by atoms with E-state index < -0.39 is 15.3 Å². The second-order valence-electron chi connectivity index (χ2n) is 12.5. The molecule has 1 saturated heterocycles. The fourth-order valence-electron chi connectivity index (χ4n) is 6.96. The summed E-state index contributed by atoms with van der Waals surface area (Å²) in [5, 5.41) is 8.07. The molecule has 4 aliphatic rings. The van der Waals surface area contributed by atoms with Gasteiger partial charge in [0.2, 0.25) is 10.0 Å². The Bertz CT molecular complexity index is 1400. The molecule has 2 aromatic rings. The second-order valence-corrected chi connectivity index (χ2v) is 14.5. The van der Waals surface area contributed by atoms with Crippen LogP contribution in [-0.2, 0) is 36.1 Å². The van der Waals surface area contributed by atoms with E-state index in [2.05, 4.69) is 29.6 Å². The molecular weight excluding hydrogens is 556 g/mol. The van der Waals surface area contributed by atoms with Crippen molar-refractivity contribution < 1.29 is 32.2 Å². The van der Waals surface area contributed by atoms with Gasteiger partial charge < -0.3 is 24.3 Å². The van der Waals surface area contributed by atoms with Gasteiger partial charge in [0, 0.05) is 25.0 Å². The summed E-state index contributed by atoms with van der Waals surface area (Å²) in [6, 6.07) is 14.2. The quantitative estimate of drug-likeness (QED) is 0.434. The maximum atomic E-state index is 13.1. The number of hydrogen-bond acceptors (Lipinski definition) is 8. The van der Waals surface area contributed by atoms with E-state index in [-0.39, 0.29) is 42.0 Å². The number of carbonyl (C=O) groups is 1. The number of anilines is 1. The second kappa shape index (κ2) is 12.1. The van der Waals surface area contributed by atoms with E-state index in [4.69, 9.17) is 24.1 Å². The zero-order valence-electron chi connectivity index (χ0n) is 24.3. The maximum absolute atomic E-state index is 13.1. The summed E-state index contributed by atoms with van der Waals surface area (Å²) >= 11 is 0. The van der Waals surface area contributed by atoms with Gasteiger partial charge in [-0.1, -0.05) is 24.3 Å². The number of ether oxygens (including phenoxy) is 4. The van der Waals surface area contributed by atoms with Gasteiger partial charge in [-0.3, -0.25) is 0 Å². The fourth-order valence-corrected chi connectivity index (χ4v) is 7.23. The molecule has 0 bridgehead atoms. The zero-order valence-corrected chi connectivity index (χ0v) is 25.1. The van der Waals surface area contributed by atoms with Crippen molar-refractivity contribution in [2.45, 2.75) is 74.7 Å². The van der Waals surface area contributed by atoms with Gasteiger partial charge in [-0.05, 0) is 86.6 Å². The number of carbonyl (C=O) groups excluding carboxylic acids is 1. The average Bonchev–Trinajstić information content (AvgIpc) is 3.15. The molecule has 2 unspecified atom stereocenters. The average molecular weight is 599 g/mol. The van der Waals surface area contributed by atoms with Gasteiger partial charge >= 0.3 is 5.97 Å². The summed E-state index contributed by atoms with van der Waals surface area (Å²) < 4.78 is 47.1. The van der Waals surface area contributed by atoms with E-state index in [9.17, 15) is 13.2 Å². The van der Waals surface area contributed by atoms with Gasteiger partial charge in [0.1, 0.15) is 5.75 Å². The molecular formula is C32H42N2O7S. The highest BCUT2D eigenvalue weighted by Crippen LogP contribution is 2.43. The summed E-state index contributed by atoms with van der Waals surface area (Å²) in [4.78, 5) is 13.1. The molecule has 2 aromatic carbocycles. The number of nitrogens with two attached hydrogens (primary N) is 1. The summed E-state index contributed by atoms with van der Waals surface area (Å²) in [6.45, 7) is 3.92. The third-order valence-corrected chi connectivity index (χ3v) is 11.1. The molecule has 9 nitrogen and oxygen atoms in total. The predicted molar refractivity (Wildman–Crippen MR) is 159 cm³/mol. The third-order valence-electron chi connectivity index (χ3n) is 9.80. The molecule has 2 fully saturated rings. The molecule has 0 amide bonds. The SMILES string of the molecule is CC(CO[C@H]1CCO[C@@H]([C@@H]2CC[C@H]2COC(=O)c2ccc3c(c2)NCC2(CCCc4ccccc42)CO3)C1)S(N)(=O)=O. The number of benzene rings is 2. The minimum absolute atomic E-state index is 0.0112. The first kappa shape index (κ1) is 29.4. The van der Waals surface area contributed by atoms with Crippen LogP contribution >= 0.6 is 0 Å². The number of hydrogen-bond donors (Lipinski definition) is 2. The van der Waals surface area contributed by atoms with Gasteiger partial charge in [-0.25, -0.2) is 18.4 Å². The molecule has 0 radical (unpaired) electrons. The highest BCUT2D eigenvalue weighted by molar-refractivity contribution is 7.89. The Morgan fingerprint density at radius 3 is 2.86 bits per heavy atom. The summed E-state index contributed by atoms with van der Waals surface area (Å²) in [7, 11) is -3.61. The normalized spacial score (nSPS) is 29.6. The van der Waals surface area contributed by atoms with E-state index >= 15 is 0 Å². The zero-order chi connectivity index (χ0) is 29.3. The molecule has 3 N–H and O–H groups in total. The van der Waals surface area contributed by atoms with Crippen LogP contribution in [0.3, 0.4) is 0 Å². The van der Waals surface area contributed by atoms with Crippen molar-refractivity contribution >= 4 is 21.7 Å². The predicted octanol–water partition coefficient (Wildman–Crippen LogP) is 4.19. The number of sulfonamides is 1. The van der Waals surface area contributed by atoms with Gasteiger partial charge in [-0.2, -0.15) is 0 Å². The first-order chi connectivity index (χ1) is 20.2. The Kier molecular flexibility index (Phi) is 8.51. The minimum Gasteiger partial charge on any atom is -0.490 e. The number of primary sulfonamides is 1. The van der Waals surface area contributed by atoms with E-state index in [1.807, 2.05) is 12.1 Å². The highest BCUT2D eigenvalue weighted by Gasteiger charge is 2.42. The molecule has 2 aliphatic carbocycles. The minimum atomic E-state index is -3.61. The standard InChI is InChI=1S/C32H42N2O7S/c1-21(42(33,36)37)17-39-25-12-14-38-30(16-25)26-10-8-24(26)18-40-31(35)23-9-11-29-28(15-23)34-19-32(20-41-29)13-4-6-22-5-2-3-7-27(22)32/h2-3,5,7,9,11,15,21,24-26,30,34H,4,6,8,10,12-14,16-20H2,1H3,(H2,33,36,37)/t21?,24-,25-,26+,30+,32?/m0/s1. The van der Waals surface area contributed by atoms with E-state index in [1.54, 1.807) is 13.0 Å². The Labute approximate surface area is 248 Å². The van der Waals surface area contributed by atoms with Crippen molar-refractivity contribution in [2.75, 3.05) is 38.3 Å².